The van der Waals surface area contributed by atoms with Gasteiger partial charge in [0.2, 0.25) is 5.91 Å². The average Bonchev–Trinajstić information content (AvgIpc) is 2.58. The van der Waals surface area contributed by atoms with Crippen LogP contribution in [0.2, 0.25) is 0 Å². The van der Waals surface area contributed by atoms with E-state index in [0.29, 0.717) is 11.5 Å². The molecule has 22 heavy (non-hydrogen) atoms. The fourth-order valence-corrected chi connectivity index (χ4v) is 2.52. The van der Waals surface area contributed by atoms with E-state index in [1.807, 2.05) is 6.07 Å². The summed E-state index contributed by atoms with van der Waals surface area (Å²) in [5.74, 6) is 0.367. The molecule has 0 aromatic heterocycles. The molecule has 0 atom stereocenters. The first-order chi connectivity index (χ1) is 10.7. The van der Waals surface area contributed by atoms with Crippen molar-refractivity contribution in [2.45, 2.75) is 19.3 Å². The highest BCUT2D eigenvalue weighted by molar-refractivity contribution is 5.96. The Bertz CT molecular complexity index is 484. The molecule has 5 nitrogen and oxygen atoms in total. The Balaban J connectivity index is 1.68. The van der Waals surface area contributed by atoms with Gasteiger partial charge < -0.3 is 15.0 Å². The minimum Gasteiger partial charge on any atom is -0.381 e. The van der Waals surface area contributed by atoms with E-state index in [9.17, 15) is 9.59 Å². The summed E-state index contributed by atoms with van der Waals surface area (Å²) in [6.07, 6.45) is 3.15. The second-order valence-electron chi connectivity index (χ2n) is 5.71. The van der Waals surface area contributed by atoms with Gasteiger partial charge in [-0.2, -0.15) is 0 Å². The van der Waals surface area contributed by atoms with Gasteiger partial charge >= 0.3 is 0 Å². The third-order valence-electron chi connectivity index (χ3n) is 4.08. The lowest BCUT2D eigenvalue weighted by Gasteiger charge is -2.25. The van der Waals surface area contributed by atoms with Crippen molar-refractivity contribution in [1.82, 2.24) is 10.2 Å². The van der Waals surface area contributed by atoms with Gasteiger partial charge in [-0.3, -0.25) is 9.59 Å². The summed E-state index contributed by atoms with van der Waals surface area (Å²) in [7, 11) is 1.79. The summed E-state index contributed by atoms with van der Waals surface area (Å²) in [6, 6.07) is 8.92. The predicted molar refractivity (Wildman–Crippen MR) is 84.6 cm³/mol. The molecule has 1 aromatic rings. The molecule has 1 aromatic carbocycles. The Labute approximate surface area is 131 Å². The maximum Gasteiger partial charge on any atom is 0.251 e. The first-order valence-electron chi connectivity index (χ1n) is 7.82. The summed E-state index contributed by atoms with van der Waals surface area (Å²) < 4.78 is 5.33. The van der Waals surface area contributed by atoms with Crippen LogP contribution >= 0.6 is 0 Å². The number of nitrogens with zero attached hydrogens (tertiary/aromatic N) is 1. The third-order valence-corrected chi connectivity index (χ3v) is 4.08. The molecule has 5 heteroatoms. The number of ether oxygens (including phenoxy) is 1. The van der Waals surface area contributed by atoms with E-state index in [1.165, 1.54) is 0 Å². The van der Waals surface area contributed by atoms with Gasteiger partial charge in [0, 0.05) is 32.4 Å². The molecule has 2 amide bonds. The second kappa shape index (κ2) is 8.54. The van der Waals surface area contributed by atoms with Gasteiger partial charge in [-0.25, -0.2) is 0 Å². The van der Waals surface area contributed by atoms with Crippen molar-refractivity contribution < 1.29 is 14.3 Å². The molecule has 1 heterocycles. The average molecular weight is 304 g/mol. The molecule has 0 saturated carbocycles. The molecule has 0 spiro atoms. The molecular formula is C17H24N2O3. The van der Waals surface area contributed by atoms with E-state index in [2.05, 4.69) is 5.32 Å². The lowest BCUT2D eigenvalue weighted by molar-refractivity contribution is -0.129. The van der Waals surface area contributed by atoms with Gasteiger partial charge in [0.15, 0.2) is 0 Å². The van der Waals surface area contributed by atoms with E-state index in [1.54, 1.807) is 36.2 Å². The molecule has 0 radical (unpaired) electrons. The summed E-state index contributed by atoms with van der Waals surface area (Å²) in [6.45, 7) is 2.42. The summed E-state index contributed by atoms with van der Waals surface area (Å²) >= 11 is 0. The van der Waals surface area contributed by atoms with E-state index >= 15 is 0 Å². The van der Waals surface area contributed by atoms with E-state index in [4.69, 9.17) is 4.74 Å². The highest BCUT2D eigenvalue weighted by Gasteiger charge is 2.16. The molecule has 1 saturated heterocycles. The zero-order valence-electron chi connectivity index (χ0n) is 13.1. The molecule has 0 bridgehead atoms. The number of likely N-dealkylation sites (N-methyl/N-ethyl adjacent to an activating group) is 1. The van der Waals surface area contributed by atoms with Gasteiger partial charge in [0.1, 0.15) is 0 Å². The van der Waals surface area contributed by atoms with Crippen LogP contribution in [-0.4, -0.2) is 50.1 Å². The van der Waals surface area contributed by atoms with Crippen LogP contribution in [0.15, 0.2) is 30.3 Å². The molecular weight excluding hydrogens is 280 g/mol. The minimum absolute atomic E-state index is 0.0397. The number of carbonyl (C=O) groups is 2. The van der Waals surface area contributed by atoms with Crippen molar-refractivity contribution in [3.63, 3.8) is 0 Å². The van der Waals surface area contributed by atoms with Crippen LogP contribution < -0.4 is 5.32 Å². The SMILES string of the molecule is CN(CCC1CCOCC1)C(=O)CNC(=O)c1ccccc1. The topological polar surface area (TPSA) is 58.6 Å². The smallest absolute Gasteiger partial charge is 0.251 e. The number of carbonyl (C=O) groups excluding carboxylic acids is 2. The van der Waals surface area contributed by atoms with Crippen LogP contribution in [0.1, 0.15) is 29.6 Å². The highest BCUT2D eigenvalue weighted by atomic mass is 16.5. The third kappa shape index (κ3) is 5.15. The van der Waals surface area contributed by atoms with Crippen LogP contribution in [0.5, 0.6) is 0 Å². The van der Waals surface area contributed by atoms with Crippen molar-refractivity contribution in [3.8, 4) is 0 Å². The molecule has 2 rings (SSSR count). The predicted octanol–water partition coefficient (Wildman–Crippen LogP) is 1.69. The quantitative estimate of drug-likeness (QED) is 0.870. The number of benzene rings is 1. The number of rotatable bonds is 6. The van der Waals surface area contributed by atoms with E-state index in [-0.39, 0.29) is 18.4 Å². The van der Waals surface area contributed by atoms with Crippen LogP contribution in [0.4, 0.5) is 0 Å². The van der Waals surface area contributed by atoms with Crippen molar-refractivity contribution in [3.05, 3.63) is 35.9 Å². The molecule has 1 fully saturated rings. The van der Waals surface area contributed by atoms with Crippen molar-refractivity contribution in [2.24, 2.45) is 5.92 Å². The standard InChI is InChI=1S/C17H24N2O3/c1-19(10-7-14-8-11-22-12-9-14)16(20)13-18-17(21)15-5-3-2-4-6-15/h2-6,14H,7-13H2,1H3,(H,18,21). The number of hydrogen-bond acceptors (Lipinski definition) is 3. The maximum atomic E-state index is 12.0. The molecule has 1 aliphatic rings. The van der Waals surface area contributed by atoms with Gasteiger partial charge in [-0.05, 0) is 37.3 Å². The lowest BCUT2D eigenvalue weighted by atomic mass is 9.96. The Morgan fingerprint density at radius 3 is 2.59 bits per heavy atom. The number of amides is 2. The summed E-state index contributed by atoms with van der Waals surface area (Å²) in [5.41, 5.74) is 0.570. The molecule has 0 aliphatic carbocycles. The van der Waals surface area contributed by atoms with Gasteiger partial charge in [-0.1, -0.05) is 18.2 Å². The van der Waals surface area contributed by atoms with E-state index in [0.717, 1.165) is 39.0 Å². The van der Waals surface area contributed by atoms with Crippen LogP contribution in [0.25, 0.3) is 0 Å². The normalized spacial score (nSPS) is 15.3. The van der Waals surface area contributed by atoms with Crippen LogP contribution in [0, 0.1) is 5.92 Å². The summed E-state index contributed by atoms with van der Waals surface area (Å²) in [5, 5.41) is 2.67. The van der Waals surface area contributed by atoms with Gasteiger partial charge in [0.25, 0.3) is 5.91 Å². The second-order valence-corrected chi connectivity index (χ2v) is 5.71. The monoisotopic (exact) mass is 304 g/mol. The molecule has 1 aliphatic heterocycles. The molecule has 0 unspecified atom stereocenters. The van der Waals surface area contributed by atoms with Crippen molar-refractivity contribution in [1.29, 1.82) is 0 Å². The van der Waals surface area contributed by atoms with Crippen LogP contribution in [0.3, 0.4) is 0 Å². The van der Waals surface area contributed by atoms with Crippen LogP contribution in [-0.2, 0) is 9.53 Å². The van der Waals surface area contributed by atoms with Crippen molar-refractivity contribution in [2.75, 3.05) is 33.4 Å². The Morgan fingerprint density at radius 1 is 1.23 bits per heavy atom. The van der Waals surface area contributed by atoms with Gasteiger partial charge in [-0.15, -0.1) is 0 Å². The Hall–Kier alpha value is -1.88. The first kappa shape index (κ1) is 16.5. The Kier molecular flexibility index (Phi) is 6.40. The first-order valence-corrected chi connectivity index (χ1v) is 7.82. The number of nitrogens with one attached hydrogen (secondary N) is 1. The fraction of sp³-hybridized carbons (Fsp3) is 0.529. The van der Waals surface area contributed by atoms with Crippen molar-refractivity contribution >= 4 is 11.8 Å². The summed E-state index contributed by atoms with van der Waals surface area (Å²) in [4.78, 5) is 25.6. The zero-order chi connectivity index (χ0) is 15.8. The van der Waals surface area contributed by atoms with E-state index < -0.39 is 0 Å². The Morgan fingerprint density at radius 2 is 1.91 bits per heavy atom. The molecule has 1 N–H and O–H groups in total. The maximum absolute atomic E-state index is 12.0. The largest absolute Gasteiger partial charge is 0.381 e. The fourth-order valence-electron chi connectivity index (χ4n) is 2.52. The number of hydrogen-bond donors (Lipinski definition) is 1. The minimum atomic E-state index is -0.216. The zero-order valence-corrected chi connectivity index (χ0v) is 13.1. The highest BCUT2D eigenvalue weighted by Crippen LogP contribution is 2.18. The molecule has 120 valence electrons. The lowest BCUT2D eigenvalue weighted by Crippen LogP contribution is -2.39. The van der Waals surface area contributed by atoms with Gasteiger partial charge in [0.05, 0.1) is 6.54 Å².